The van der Waals surface area contributed by atoms with Gasteiger partial charge >= 0.3 is 0 Å². The van der Waals surface area contributed by atoms with E-state index in [1.807, 2.05) is 32.0 Å². The first kappa shape index (κ1) is 16.1. The zero-order valence-electron chi connectivity index (χ0n) is 15.4. The molecule has 7 nitrogen and oxygen atoms in total. The third-order valence-electron chi connectivity index (χ3n) is 5.52. The third kappa shape index (κ3) is 2.38. The molecular weight excluding hydrogens is 344 g/mol. The van der Waals surface area contributed by atoms with E-state index < -0.39 is 0 Å². The second kappa shape index (κ2) is 5.22. The first-order chi connectivity index (χ1) is 12.9. The molecule has 1 fully saturated rings. The van der Waals surface area contributed by atoms with Gasteiger partial charge in [0.05, 0.1) is 28.2 Å². The largest absolute Gasteiger partial charge is 0.458 e. The summed E-state index contributed by atoms with van der Waals surface area (Å²) in [6.45, 7) is 3.95. The van der Waals surface area contributed by atoms with Crippen LogP contribution in [0.5, 0.6) is 6.01 Å². The fourth-order valence-electron chi connectivity index (χ4n) is 3.57. The number of para-hydroxylation sites is 1. The van der Waals surface area contributed by atoms with E-state index in [0.29, 0.717) is 22.5 Å². The fraction of sp³-hybridized carbons (Fsp3) is 0.350. The van der Waals surface area contributed by atoms with Crippen LogP contribution in [0.1, 0.15) is 48.8 Å². The van der Waals surface area contributed by atoms with Crippen molar-refractivity contribution in [3.8, 4) is 17.3 Å². The van der Waals surface area contributed by atoms with Gasteiger partial charge in [-0.1, -0.05) is 12.1 Å². The highest BCUT2D eigenvalue weighted by atomic mass is 16.5. The summed E-state index contributed by atoms with van der Waals surface area (Å²) in [4.78, 5) is 32.9. The maximum absolute atomic E-state index is 12.9. The standard InChI is InChI=1S/C20H20N4O3/c1-10-15-13(17(25)21-10)9-14(22-15)11-5-4-6-12-16(11)23-19(24(3)18(12)26)27-20(2)7-8-20/h4-6,9-10,22H,7-8H2,1-3H3,(H,21,25)/t10-/m1/s1. The Kier molecular flexibility index (Phi) is 3.11. The Morgan fingerprint density at radius 2 is 2.04 bits per heavy atom. The summed E-state index contributed by atoms with van der Waals surface area (Å²) in [6.07, 6.45) is 1.91. The monoisotopic (exact) mass is 364 g/mol. The van der Waals surface area contributed by atoms with Crippen molar-refractivity contribution in [1.82, 2.24) is 19.9 Å². The Morgan fingerprint density at radius 3 is 2.74 bits per heavy atom. The molecule has 1 aliphatic carbocycles. The molecule has 1 amide bonds. The minimum absolute atomic E-state index is 0.0641. The van der Waals surface area contributed by atoms with Crippen molar-refractivity contribution in [3.63, 3.8) is 0 Å². The Labute approximate surface area is 155 Å². The number of hydrogen-bond donors (Lipinski definition) is 2. The van der Waals surface area contributed by atoms with Crippen LogP contribution in [-0.4, -0.2) is 26.0 Å². The zero-order chi connectivity index (χ0) is 18.9. The highest BCUT2D eigenvalue weighted by molar-refractivity contribution is 6.01. The molecular formula is C20H20N4O3. The average molecular weight is 364 g/mol. The molecule has 1 aliphatic heterocycles. The smallest absolute Gasteiger partial charge is 0.300 e. The summed E-state index contributed by atoms with van der Waals surface area (Å²) < 4.78 is 7.45. The molecule has 1 saturated carbocycles. The van der Waals surface area contributed by atoms with Crippen LogP contribution in [0.25, 0.3) is 22.2 Å². The zero-order valence-corrected chi connectivity index (χ0v) is 15.4. The van der Waals surface area contributed by atoms with E-state index in [4.69, 9.17) is 4.74 Å². The molecule has 0 radical (unpaired) electrons. The number of fused-ring (bicyclic) bond motifs is 2. The number of carbonyl (C=O) groups excluding carboxylic acids is 1. The van der Waals surface area contributed by atoms with Gasteiger partial charge in [0.25, 0.3) is 17.5 Å². The van der Waals surface area contributed by atoms with Crippen LogP contribution in [0.2, 0.25) is 0 Å². The number of ether oxygens (including phenoxy) is 1. The number of rotatable bonds is 3. The highest BCUT2D eigenvalue weighted by Crippen LogP contribution is 2.39. The van der Waals surface area contributed by atoms with Gasteiger partial charge in [0.2, 0.25) is 0 Å². The topological polar surface area (TPSA) is 89.0 Å². The molecule has 0 saturated heterocycles. The molecule has 1 atom stereocenters. The SMILES string of the molecule is C[C@H]1NC(=O)c2cc(-c3cccc4c(=O)n(C)c(OC5(C)CC5)nc34)[nH]c21. The molecule has 2 N–H and O–H groups in total. The molecule has 3 heterocycles. The van der Waals surface area contributed by atoms with Gasteiger partial charge in [-0.05, 0) is 38.8 Å². The van der Waals surface area contributed by atoms with Gasteiger partial charge in [0.1, 0.15) is 5.60 Å². The van der Waals surface area contributed by atoms with E-state index in [-0.39, 0.29) is 23.1 Å². The van der Waals surface area contributed by atoms with E-state index >= 15 is 0 Å². The van der Waals surface area contributed by atoms with Crippen LogP contribution < -0.4 is 15.6 Å². The summed E-state index contributed by atoms with van der Waals surface area (Å²) in [6, 6.07) is 7.59. The lowest BCUT2D eigenvalue weighted by atomic mass is 10.1. The first-order valence-electron chi connectivity index (χ1n) is 9.09. The van der Waals surface area contributed by atoms with Crippen LogP contribution in [-0.2, 0) is 7.05 Å². The fourth-order valence-corrected chi connectivity index (χ4v) is 3.57. The molecule has 0 spiro atoms. The lowest BCUT2D eigenvalue weighted by molar-refractivity contribution is 0.0958. The molecule has 5 rings (SSSR count). The molecule has 1 aromatic carbocycles. The van der Waals surface area contributed by atoms with Gasteiger partial charge in [-0.3, -0.25) is 14.2 Å². The van der Waals surface area contributed by atoms with Gasteiger partial charge in [0.15, 0.2) is 0 Å². The molecule has 0 bridgehead atoms. The summed E-state index contributed by atoms with van der Waals surface area (Å²) in [5.74, 6) is -0.0882. The van der Waals surface area contributed by atoms with Gasteiger partial charge in [-0.15, -0.1) is 0 Å². The lowest BCUT2D eigenvalue weighted by Crippen LogP contribution is -2.24. The molecule has 2 aromatic heterocycles. The normalized spacial score (nSPS) is 19.8. The molecule has 2 aliphatic rings. The van der Waals surface area contributed by atoms with Gasteiger partial charge in [-0.25, -0.2) is 0 Å². The molecule has 138 valence electrons. The maximum Gasteiger partial charge on any atom is 0.300 e. The average Bonchev–Trinajstić information content (AvgIpc) is 3.10. The summed E-state index contributed by atoms with van der Waals surface area (Å²) in [7, 11) is 1.68. The second-order valence-electron chi connectivity index (χ2n) is 7.72. The Balaban J connectivity index is 1.71. The first-order valence-corrected chi connectivity index (χ1v) is 9.09. The summed E-state index contributed by atoms with van der Waals surface area (Å²) in [5, 5.41) is 3.40. The van der Waals surface area contributed by atoms with Crippen molar-refractivity contribution >= 4 is 16.8 Å². The van der Waals surface area contributed by atoms with Crippen LogP contribution in [0, 0.1) is 0 Å². The van der Waals surface area contributed by atoms with E-state index in [0.717, 1.165) is 29.8 Å². The van der Waals surface area contributed by atoms with E-state index in [1.54, 1.807) is 13.1 Å². The number of aromatic nitrogens is 3. The third-order valence-corrected chi connectivity index (χ3v) is 5.52. The number of H-pyrrole nitrogens is 1. The summed E-state index contributed by atoms with van der Waals surface area (Å²) in [5.41, 5.74) is 3.25. The number of aromatic amines is 1. The van der Waals surface area contributed by atoms with Crippen molar-refractivity contribution < 1.29 is 9.53 Å². The quantitative estimate of drug-likeness (QED) is 0.748. The Morgan fingerprint density at radius 1 is 1.26 bits per heavy atom. The number of nitrogens with zero attached hydrogens (tertiary/aromatic N) is 2. The van der Waals surface area contributed by atoms with E-state index in [9.17, 15) is 9.59 Å². The predicted molar refractivity (Wildman–Crippen MR) is 101 cm³/mol. The Bertz CT molecular complexity index is 1170. The minimum Gasteiger partial charge on any atom is -0.458 e. The van der Waals surface area contributed by atoms with Crippen LogP contribution in [0.4, 0.5) is 0 Å². The van der Waals surface area contributed by atoms with E-state index in [2.05, 4.69) is 15.3 Å². The lowest BCUT2D eigenvalue weighted by Gasteiger charge is -2.16. The number of hydrogen-bond acceptors (Lipinski definition) is 4. The van der Waals surface area contributed by atoms with Crippen LogP contribution in [0.15, 0.2) is 29.1 Å². The number of amides is 1. The molecule has 0 unspecified atom stereocenters. The van der Waals surface area contributed by atoms with Crippen molar-refractivity contribution in [1.29, 1.82) is 0 Å². The van der Waals surface area contributed by atoms with Crippen molar-refractivity contribution in [2.75, 3.05) is 0 Å². The van der Waals surface area contributed by atoms with Crippen molar-refractivity contribution in [2.45, 2.75) is 38.3 Å². The van der Waals surface area contributed by atoms with E-state index in [1.165, 1.54) is 4.57 Å². The minimum atomic E-state index is -0.235. The number of nitrogens with one attached hydrogen (secondary N) is 2. The predicted octanol–water partition coefficient (Wildman–Crippen LogP) is 2.66. The van der Waals surface area contributed by atoms with Crippen molar-refractivity contribution in [2.24, 2.45) is 7.05 Å². The number of carbonyl (C=O) groups is 1. The van der Waals surface area contributed by atoms with Gasteiger partial charge < -0.3 is 15.0 Å². The van der Waals surface area contributed by atoms with Crippen molar-refractivity contribution in [3.05, 3.63) is 45.9 Å². The summed E-state index contributed by atoms with van der Waals surface area (Å²) >= 11 is 0. The highest BCUT2D eigenvalue weighted by Gasteiger charge is 2.41. The number of benzene rings is 1. The Hall–Kier alpha value is -3.09. The molecule has 27 heavy (non-hydrogen) atoms. The maximum atomic E-state index is 12.9. The molecule has 7 heteroatoms. The van der Waals surface area contributed by atoms with Gasteiger partial charge in [-0.2, -0.15) is 4.98 Å². The van der Waals surface area contributed by atoms with Crippen LogP contribution in [0.3, 0.4) is 0 Å². The van der Waals surface area contributed by atoms with Crippen LogP contribution >= 0.6 is 0 Å². The second-order valence-corrected chi connectivity index (χ2v) is 7.72. The molecule has 3 aromatic rings. The van der Waals surface area contributed by atoms with Gasteiger partial charge in [0, 0.05) is 18.3 Å².